The lowest BCUT2D eigenvalue weighted by atomic mass is 9.73. The van der Waals surface area contributed by atoms with E-state index in [4.69, 9.17) is 0 Å². The van der Waals surface area contributed by atoms with Gasteiger partial charge in [0.1, 0.15) is 0 Å². The molecule has 3 fully saturated rings. The van der Waals surface area contributed by atoms with Gasteiger partial charge in [-0.25, -0.2) is 0 Å². The molecule has 3 heterocycles. The Bertz CT molecular complexity index is 249. The molecule has 0 aromatic heterocycles. The molecule has 2 N–H and O–H groups in total. The fourth-order valence-corrected chi connectivity index (χ4v) is 3.61. The summed E-state index contributed by atoms with van der Waals surface area (Å²) in [7, 11) is 0. The van der Waals surface area contributed by atoms with Crippen molar-refractivity contribution < 1.29 is 5.11 Å². The number of hydrogen-bond donors (Lipinski definition) is 2. The maximum Gasteiger partial charge on any atom is 0.0628 e. The zero-order chi connectivity index (χ0) is 13.0. The van der Waals surface area contributed by atoms with Gasteiger partial charge in [0.2, 0.25) is 0 Å². The van der Waals surface area contributed by atoms with Crippen LogP contribution in [0.1, 0.15) is 26.7 Å². The maximum absolute atomic E-state index is 9.84. The molecule has 18 heavy (non-hydrogen) atoms. The van der Waals surface area contributed by atoms with Crippen molar-refractivity contribution >= 4 is 0 Å². The lowest BCUT2D eigenvalue weighted by Crippen LogP contribution is -2.68. The van der Waals surface area contributed by atoms with Gasteiger partial charge in [-0.2, -0.15) is 0 Å². The average molecular weight is 255 g/mol. The van der Waals surface area contributed by atoms with Gasteiger partial charge in [0, 0.05) is 19.6 Å². The third kappa shape index (κ3) is 2.87. The lowest BCUT2D eigenvalue weighted by Gasteiger charge is -2.53. The number of piperidine rings is 3. The molecule has 0 saturated carbocycles. The second-order valence-corrected chi connectivity index (χ2v) is 5.82. The zero-order valence-electron chi connectivity index (χ0n) is 12.0. The van der Waals surface area contributed by atoms with Crippen LogP contribution in [0.3, 0.4) is 0 Å². The number of nitrogens with one attached hydrogen (secondary N) is 1. The Morgan fingerprint density at radius 1 is 1.28 bits per heavy atom. The van der Waals surface area contributed by atoms with Crippen molar-refractivity contribution in [2.24, 2.45) is 5.92 Å². The van der Waals surface area contributed by atoms with E-state index in [1.165, 1.54) is 25.9 Å². The highest BCUT2D eigenvalue weighted by Gasteiger charge is 2.45. The van der Waals surface area contributed by atoms with Crippen LogP contribution in [-0.2, 0) is 0 Å². The van der Waals surface area contributed by atoms with Crippen LogP contribution in [0.4, 0.5) is 0 Å². The van der Waals surface area contributed by atoms with Gasteiger partial charge >= 0.3 is 0 Å². The zero-order valence-corrected chi connectivity index (χ0v) is 12.0. The van der Waals surface area contributed by atoms with Gasteiger partial charge in [0.15, 0.2) is 0 Å². The number of likely N-dealkylation sites (N-methyl/N-ethyl adjacent to an activating group) is 1. The summed E-state index contributed by atoms with van der Waals surface area (Å²) in [5.41, 5.74) is -0.0242. The minimum atomic E-state index is -0.0242. The van der Waals surface area contributed by atoms with Crippen LogP contribution in [0, 0.1) is 5.92 Å². The Morgan fingerprint density at radius 2 is 1.94 bits per heavy atom. The first-order valence-electron chi connectivity index (χ1n) is 7.54. The van der Waals surface area contributed by atoms with E-state index in [1.54, 1.807) is 0 Å². The van der Waals surface area contributed by atoms with Crippen molar-refractivity contribution in [3.8, 4) is 0 Å². The first-order chi connectivity index (χ1) is 8.74. The molecule has 1 unspecified atom stereocenters. The van der Waals surface area contributed by atoms with Crippen molar-refractivity contribution in [1.29, 1.82) is 0 Å². The molecule has 0 radical (unpaired) electrons. The topological polar surface area (TPSA) is 38.7 Å². The second kappa shape index (κ2) is 6.33. The van der Waals surface area contributed by atoms with Crippen LogP contribution < -0.4 is 5.32 Å². The molecule has 3 rings (SSSR count). The fraction of sp³-hybridized carbons (Fsp3) is 1.00. The smallest absolute Gasteiger partial charge is 0.0628 e. The normalized spacial score (nSPS) is 35.3. The molecule has 3 aliphatic rings. The molecular formula is C14H29N3O. The van der Waals surface area contributed by atoms with Crippen molar-refractivity contribution in [2.75, 3.05) is 52.4 Å². The molecular weight excluding hydrogens is 226 g/mol. The Labute approximate surface area is 111 Å². The summed E-state index contributed by atoms with van der Waals surface area (Å²) in [4.78, 5) is 4.93. The van der Waals surface area contributed by atoms with E-state index in [9.17, 15) is 5.11 Å². The van der Waals surface area contributed by atoms with Crippen molar-refractivity contribution in [1.82, 2.24) is 15.1 Å². The molecule has 2 bridgehead atoms. The van der Waals surface area contributed by atoms with Gasteiger partial charge < -0.3 is 20.2 Å². The molecule has 1 atom stereocenters. The summed E-state index contributed by atoms with van der Waals surface area (Å²) in [6, 6.07) is 0. The van der Waals surface area contributed by atoms with E-state index in [2.05, 4.69) is 29.0 Å². The largest absolute Gasteiger partial charge is 0.394 e. The standard InChI is InChI=1S/C14H29N3O/c1-3-16(4-2)10-7-15-14(12-18)11-17-8-5-13(14)6-9-17/h13,15,18H,3-12H2,1-2H3. The maximum atomic E-state index is 9.84. The highest BCUT2D eigenvalue weighted by atomic mass is 16.3. The summed E-state index contributed by atoms with van der Waals surface area (Å²) >= 11 is 0. The Balaban J connectivity index is 1.85. The van der Waals surface area contributed by atoms with Crippen molar-refractivity contribution in [3.63, 3.8) is 0 Å². The van der Waals surface area contributed by atoms with E-state index in [0.29, 0.717) is 5.92 Å². The highest BCUT2D eigenvalue weighted by molar-refractivity contribution is 5.03. The minimum absolute atomic E-state index is 0.0242. The second-order valence-electron chi connectivity index (χ2n) is 5.82. The first kappa shape index (κ1) is 14.3. The molecule has 0 spiro atoms. The molecule has 4 heteroatoms. The summed E-state index contributed by atoms with van der Waals surface area (Å²) < 4.78 is 0. The van der Waals surface area contributed by atoms with E-state index in [-0.39, 0.29) is 12.1 Å². The summed E-state index contributed by atoms with van der Waals surface area (Å²) in [5, 5.41) is 13.5. The van der Waals surface area contributed by atoms with Gasteiger partial charge in [-0.15, -0.1) is 0 Å². The number of nitrogens with zero attached hydrogens (tertiary/aromatic N) is 2. The monoisotopic (exact) mass is 255 g/mol. The molecule has 0 aliphatic carbocycles. The first-order valence-corrected chi connectivity index (χ1v) is 7.54. The molecule has 3 aliphatic heterocycles. The van der Waals surface area contributed by atoms with Gasteiger partial charge in [-0.05, 0) is 44.9 Å². The van der Waals surface area contributed by atoms with Gasteiger partial charge in [-0.3, -0.25) is 0 Å². The quantitative estimate of drug-likeness (QED) is 0.690. The predicted octanol–water partition coefficient (Wildman–Crippen LogP) is 0.375. The van der Waals surface area contributed by atoms with Crippen LogP contribution in [-0.4, -0.2) is 72.9 Å². The Kier molecular flexibility index (Phi) is 5.01. The van der Waals surface area contributed by atoms with E-state index >= 15 is 0 Å². The Morgan fingerprint density at radius 3 is 2.39 bits per heavy atom. The van der Waals surface area contributed by atoms with Crippen LogP contribution in [0.5, 0.6) is 0 Å². The van der Waals surface area contributed by atoms with Crippen LogP contribution in [0.15, 0.2) is 0 Å². The molecule has 0 amide bonds. The number of fused-ring (bicyclic) bond motifs is 3. The average Bonchev–Trinajstić information content (AvgIpc) is 2.45. The number of hydrogen-bond acceptors (Lipinski definition) is 4. The predicted molar refractivity (Wildman–Crippen MR) is 74.8 cm³/mol. The molecule has 4 nitrogen and oxygen atoms in total. The molecule has 0 aromatic rings. The fourth-order valence-electron chi connectivity index (χ4n) is 3.61. The van der Waals surface area contributed by atoms with Gasteiger partial charge in [0.05, 0.1) is 12.1 Å². The van der Waals surface area contributed by atoms with Crippen molar-refractivity contribution in [3.05, 3.63) is 0 Å². The SMILES string of the molecule is CCN(CC)CCNC1(CO)CN2CCC1CC2. The third-order valence-corrected chi connectivity index (χ3v) is 4.96. The lowest BCUT2D eigenvalue weighted by molar-refractivity contribution is -0.0258. The molecule has 106 valence electrons. The van der Waals surface area contributed by atoms with Crippen molar-refractivity contribution in [2.45, 2.75) is 32.2 Å². The van der Waals surface area contributed by atoms with Crippen LogP contribution in [0.25, 0.3) is 0 Å². The minimum Gasteiger partial charge on any atom is -0.394 e. The Hall–Kier alpha value is -0.160. The number of rotatable bonds is 7. The molecule has 3 saturated heterocycles. The van der Waals surface area contributed by atoms with Crippen LogP contribution in [0.2, 0.25) is 0 Å². The third-order valence-electron chi connectivity index (χ3n) is 4.96. The molecule has 0 aromatic carbocycles. The van der Waals surface area contributed by atoms with Crippen LogP contribution >= 0.6 is 0 Å². The van der Waals surface area contributed by atoms with E-state index in [0.717, 1.165) is 32.7 Å². The summed E-state index contributed by atoms with van der Waals surface area (Å²) in [6.07, 6.45) is 2.50. The summed E-state index contributed by atoms with van der Waals surface area (Å²) in [5.74, 6) is 0.671. The van der Waals surface area contributed by atoms with Gasteiger partial charge in [0.25, 0.3) is 0 Å². The highest BCUT2D eigenvalue weighted by Crippen LogP contribution is 2.35. The summed E-state index contributed by atoms with van der Waals surface area (Å²) in [6.45, 7) is 12.5. The number of aliphatic hydroxyl groups is 1. The van der Waals surface area contributed by atoms with Gasteiger partial charge in [-0.1, -0.05) is 13.8 Å². The number of aliphatic hydroxyl groups excluding tert-OH is 1. The van der Waals surface area contributed by atoms with E-state index in [1.807, 2.05) is 0 Å². The van der Waals surface area contributed by atoms with E-state index < -0.39 is 0 Å².